The third-order valence-electron chi connectivity index (χ3n) is 3.53. The Balaban J connectivity index is 1.84. The highest BCUT2D eigenvalue weighted by molar-refractivity contribution is 5.79. The van der Waals surface area contributed by atoms with Crippen LogP contribution in [0.1, 0.15) is 25.8 Å². The zero-order valence-electron chi connectivity index (χ0n) is 12.1. The van der Waals surface area contributed by atoms with Gasteiger partial charge in [0.05, 0.1) is 0 Å². The van der Waals surface area contributed by atoms with E-state index in [2.05, 4.69) is 48.4 Å². The van der Waals surface area contributed by atoms with E-state index in [1.165, 1.54) is 16.5 Å². The van der Waals surface area contributed by atoms with E-state index >= 15 is 0 Å². The predicted octanol–water partition coefficient (Wildman–Crippen LogP) is 3.32. The first-order chi connectivity index (χ1) is 9.11. The summed E-state index contributed by atoms with van der Waals surface area (Å²) in [6, 6.07) is 8.67. The van der Waals surface area contributed by atoms with Gasteiger partial charge in [-0.05, 0) is 41.0 Å². The Morgan fingerprint density at radius 3 is 2.89 bits per heavy atom. The lowest BCUT2D eigenvalue weighted by Crippen LogP contribution is -2.30. The summed E-state index contributed by atoms with van der Waals surface area (Å²) in [7, 11) is 1.76. The molecule has 1 aromatic carbocycles. The van der Waals surface area contributed by atoms with Crippen molar-refractivity contribution in [3.05, 3.63) is 36.0 Å². The molecule has 0 radical (unpaired) electrons. The van der Waals surface area contributed by atoms with Crippen LogP contribution in [0.4, 0.5) is 0 Å². The van der Waals surface area contributed by atoms with Crippen molar-refractivity contribution in [3.8, 4) is 0 Å². The summed E-state index contributed by atoms with van der Waals surface area (Å²) in [5.74, 6) is 0. The Labute approximate surface area is 115 Å². The number of aromatic amines is 1. The number of aromatic nitrogens is 1. The van der Waals surface area contributed by atoms with Gasteiger partial charge in [-0.3, -0.25) is 0 Å². The summed E-state index contributed by atoms with van der Waals surface area (Å²) >= 11 is 0. The summed E-state index contributed by atoms with van der Waals surface area (Å²) in [5.41, 5.74) is 2.80. The second-order valence-electron chi connectivity index (χ2n) is 5.91. The fraction of sp³-hybridized carbons (Fsp3) is 0.500. The minimum atomic E-state index is 0.272. The van der Waals surface area contributed by atoms with Gasteiger partial charge in [-0.2, -0.15) is 0 Å². The maximum Gasteiger partial charge on any atom is 0.0467 e. The molecule has 0 aliphatic heterocycles. The number of H-pyrrole nitrogens is 1. The number of rotatable bonds is 7. The molecule has 1 heterocycles. The van der Waals surface area contributed by atoms with E-state index in [0.717, 1.165) is 26.1 Å². The molecule has 104 valence electrons. The normalized spacial score (nSPS) is 12.2. The highest BCUT2D eigenvalue weighted by Crippen LogP contribution is 2.19. The minimum absolute atomic E-state index is 0.272. The van der Waals surface area contributed by atoms with E-state index in [9.17, 15) is 0 Å². The molecule has 1 aromatic heterocycles. The molecule has 0 saturated heterocycles. The number of nitrogens with one attached hydrogen (secondary N) is 2. The van der Waals surface area contributed by atoms with Crippen LogP contribution in [0, 0.1) is 5.41 Å². The highest BCUT2D eigenvalue weighted by atomic mass is 16.5. The summed E-state index contributed by atoms with van der Waals surface area (Å²) < 4.78 is 5.15. The van der Waals surface area contributed by atoms with Crippen LogP contribution in [0.2, 0.25) is 0 Å². The van der Waals surface area contributed by atoms with Gasteiger partial charge >= 0.3 is 0 Å². The van der Waals surface area contributed by atoms with E-state index in [0.29, 0.717) is 0 Å². The summed E-state index contributed by atoms with van der Waals surface area (Å²) in [6.45, 7) is 7.28. The van der Waals surface area contributed by atoms with E-state index in [1.54, 1.807) is 7.11 Å². The zero-order valence-corrected chi connectivity index (χ0v) is 12.1. The molecule has 0 atom stereocenters. The van der Waals surface area contributed by atoms with Crippen LogP contribution in [-0.2, 0) is 11.3 Å². The number of ether oxygens (including phenoxy) is 1. The Bertz CT molecular complexity index is 516. The molecule has 3 heteroatoms. The summed E-state index contributed by atoms with van der Waals surface area (Å²) in [6.07, 6.45) is 3.06. The SMILES string of the molecule is COCCC(C)(C)CNCc1ccc2[nH]ccc2c1. The van der Waals surface area contributed by atoms with Crippen molar-refractivity contribution in [1.82, 2.24) is 10.3 Å². The van der Waals surface area contributed by atoms with Crippen molar-refractivity contribution in [3.63, 3.8) is 0 Å². The van der Waals surface area contributed by atoms with Gasteiger partial charge in [-0.25, -0.2) is 0 Å². The number of benzene rings is 1. The third-order valence-corrected chi connectivity index (χ3v) is 3.53. The molecule has 0 spiro atoms. The molecule has 0 aliphatic rings. The van der Waals surface area contributed by atoms with Gasteiger partial charge < -0.3 is 15.0 Å². The Morgan fingerprint density at radius 2 is 2.11 bits per heavy atom. The summed E-state index contributed by atoms with van der Waals surface area (Å²) in [5, 5.41) is 4.82. The number of methoxy groups -OCH3 is 1. The molecule has 2 aromatic rings. The molecule has 2 rings (SSSR count). The Kier molecular flexibility index (Phi) is 4.61. The quantitative estimate of drug-likeness (QED) is 0.801. The van der Waals surface area contributed by atoms with Gasteiger partial charge in [-0.1, -0.05) is 19.9 Å². The molecule has 0 bridgehead atoms. The van der Waals surface area contributed by atoms with Crippen molar-refractivity contribution in [2.24, 2.45) is 5.41 Å². The lowest BCUT2D eigenvalue weighted by molar-refractivity contribution is 0.150. The Morgan fingerprint density at radius 1 is 1.26 bits per heavy atom. The second-order valence-corrected chi connectivity index (χ2v) is 5.91. The monoisotopic (exact) mass is 260 g/mol. The molecule has 0 fully saturated rings. The molecule has 0 aliphatic carbocycles. The standard InChI is InChI=1S/C16H24N2O/c1-16(2,7-9-19-3)12-17-11-13-4-5-15-14(10-13)6-8-18-15/h4-6,8,10,17-18H,7,9,11-12H2,1-3H3. The van der Waals surface area contributed by atoms with Crippen molar-refractivity contribution in [1.29, 1.82) is 0 Å². The first-order valence-electron chi connectivity index (χ1n) is 6.86. The smallest absolute Gasteiger partial charge is 0.0467 e. The average molecular weight is 260 g/mol. The molecule has 0 amide bonds. The van der Waals surface area contributed by atoms with Gasteiger partial charge in [0.25, 0.3) is 0 Å². The maximum atomic E-state index is 5.15. The van der Waals surface area contributed by atoms with Crippen molar-refractivity contribution >= 4 is 10.9 Å². The van der Waals surface area contributed by atoms with Crippen molar-refractivity contribution in [2.75, 3.05) is 20.3 Å². The van der Waals surface area contributed by atoms with Crippen molar-refractivity contribution < 1.29 is 4.74 Å². The van der Waals surface area contributed by atoms with Gasteiger partial charge in [0.2, 0.25) is 0 Å². The van der Waals surface area contributed by atoms with E-state index in [4.69, 9.17) is 4.74 Å². The molecule has 2 N–H and O–H groups in total. The maximum absolute atomic E-state index is 5.15. The van der Waals surface area contributed by atoms with Crippen LogP contribution < -0.4 is 5.32 Å². The van der Waals surface area contributed by atoms with Crippen LogP contribution in [0.25, 0.3) is 10.9 Å². The van der Waals surface area contributed by atoms with Crippen LogP contribution in [-0.4, -0.2) is 25.2 Å². The zero-order chi connectivity index (χ0) is 13.7. The lowest BCUT2D eigenvalue weighted by atomic mass is 9.89. The molecule has 0 unspecified atom stereocenters. The van der Waals surface area contributed by atoms with Gasteiger partial charge in [0.1, 0.15) is 0 Å². The lowest BCUT2D eigenvalue weighted by Gasteiger charge is -2.24. The third kappa shape index (κ3) is 4.08. The second kappa shape index (κ2) is 6.22. The topological polar surface area (TPSA) is 37.0 Å². The molecule has 0 saturated carbocycles. The minimum Gasteiger partial charge on any atom is -0.385 e. The fourth-order valence-electron chi connectivity index (χ4n) is 2.22. The molecule has 19 heavy (non-hydrogen) atoms. The first kappa shape index (κ1) is 14.1. The van der Waals surface area contributed by atoms with Crippen molar-refractivity contribution in [2.45, 2.75) is 26.8 Å². The first-order valence-corrected chi connectivity index (χ1v) is 6.86. The van der Waals surface area contributed by atoms with Gasteiger partial charge in [-0.15, -0.1) is 0 Å². The van der Waals surface area contributed by atoms with Crippen LogP contribution in [0.15, 0.2) is 30.5 Å². The van der Waals surface area contributed by atoms with E-state index in [1.807, 2.05) is 6.20 Å². The van der Waals surface area contributed by atoms with Gasteiger partial charge in [0.15, 0.2) is 0 Å². The predicted molar refractivity (Wildman–Crippen MR) is 80.3 cm³/mol. The number of hydrogen-bond donors (Lipinski definition) is 2. The number of fused-ring (bicyclic) bond motifs is 1. The Hall–Kier alpha value is -1.32. The number of hydrogen-bond acceptors (Lipinski definition) is 2. The fourth-order valence-corrected chi connectivity index (χ4v) is 2.22. The van der Waals surface area contributed by atoms with Gasteiger partial charge in [0, 0.05) is 38.5 Å². The largest absolute Gasteiger partial charge is 0.385 e. The average Bonchev–Trinajstić information content (AvgIpc) is 2.83. The molecular formula is C16H24N2O. The van der Waals surface area contributed by atoms with Crippen LogP contribution in [0.3, 0.4) is 0 Å². The summed E-state index contributed by atoms with van der Waals surface area (Å²) in [4.78, 5) is 3.22. The van der Waals surface area contributed by atoms with Crippen LogP contribution in [0.5, 0.6) is 0 Å². The van der Waals surface area contributed by atoms with Crippen LogP contribution >= 0.6 is 0 Å². The highest BCUT2D eigenvalue weighted by Gasteiger charge is 2.16. The molecular weight excluding hydrogens is 236 g/mol. The van der Waals surface area contributed by atoms with E-state index < -0.39 is 0 Å². The molecule has 3 nitrogen and oxygen atoms in total. The van der Waals surface area contributed by atoms with E-state index in [-0.39, 0.29) is 5.41 Å².